The van der Waals surface area contributed by atoms with Crippen LogP contribution in [0.2, 0.25) is 0 Å². The highest BCUT2D eigenvalue weighted by atomic mass is 19.4. The molecule has 1 aliphatic heterocycles. The van der Waals surface area contributed by atoms with E-state index in [1.165, 1.54) is 62.4 Å². The van der Waals surface area contributed by atoms with Gasteiger partial charge in [0.2, 0.25) is 0 Å². The lowest BCUT2D eigenvalue weighted by Gasteiger charge is -2.41. The van der Waals surface area contributed by atoms with Crippen LogP contribution >= 0.6 is 0 Å². The van der Waals surface area contributed by atoms with E-state index >= 15 is 0 Å². The summed E-state index contributed by atoms with van der Waals surface area (Å²) in [6.45, 7) is 4.46. The van der Waals surface area contributed by atoms with Crippen LogP contribution in [0.25, 0.3) is 0 Å². The number of carbonyl (C=O) groups is 3. The summed E-state index contributed by atoms with van der Waals surface area (Å²) in [6.07, 6.45) is -3.17. The number of benzene rings is 2. The van der Waals surface area contributed by atoms with Crippen molar-refractivity contribution in [2.75, 3.05) is 11.9 Å². The van der Waals surface area contributed by atoms with Crippen LogP contribution in [0.15, 0.2) is 76.5 Å². The van der Waals surface area contributed by atoms with Crippen molar-refractivity contribution in [1.29, 1.82) is 5.26 Å². The molecule has 2 heterocycles. The molecule has 3 aromatic rings. The Balaban J connectivity index is 1.85. The molecule has 3 amide bonds. The molecule has 40 heavy (non-hydrogen) atoms. The van der Waals surface area contributed by atoms with Gasteiger partial charge >= 0.3 is 12.2 Å². The Bertz CT molecular complexity index is 1550. The molecule has 11 heteroatoms. The largest absolute Gasteiger partial charge is 0.467 e. The van der Waals surface area contributed by atoms with Crippen LogP contribution in [-0.4, -0.2) is 29.7 Å². The number of anilines is 1. The zero-order valence-electron chi connectivity index (χ0n) is 22.0. The topological polar surface area (TPSA) is 107 Å². The maximum Gasteiger partial charge on any atom is 0.416 e. The van der Waals surface area contributed by atoms with Gasteiger partial charge < -0.3 is 14.6 Å². The molecule has 8 nitrogen and oxygen atoms in total. The lowest BCUT2D eigenvalue weighted by molar-refractivity contribution is -0.137. The van der Waals surface area contributed by atoms with Gasteiger partial charge in [-0.05, 0) is 68.8 Å². The van der Waals surface area contributed by atoms with Crippen LogP contribution in [0.1, 0.15) is 65.7 Å². The van der Waals surface area contributed by atoms with Crippen LogP contribution in [0, 0.1) is 11.3 Å². The summed E-state index contributed by atoms with van der Waals surface area (Å²) in [5.41, 5.74) is -0.270. The summed E-state index contributed by atoms with van der Waals surface area (Å²) in [5.74, 6) is -0.524. The lowest BCUT2D eigenvalue weighted by Crippen LogP contribution is -2.49. The molecule has 2 atom stereocenters. The first-order chi connectivity index (χ1) is 18.8. The van der Waals surface area contributed by atoms with Gasteiger partial charge in [-0.25, -0.2) is 4.79 Å². The third kappa shape index (κ3) is 5.20. The Labute approximate surface area is 228 Å². The fraction of sp³-hybridized carbons (Fsp3) is 0.241. The van der Waals surface area contributed by atoms with Crippen molar-refractivity contribution in [3.63, 3.8) is 0 Å². The predicted octanol–water partition coefficient (Wildman–Crippen LogP) is 6.14. The van der Waals surface area contributed by atoms with E-state index in [-0.39, 0.29) is 33.6 Å². The van der Waals surface area contributed by atoms with E-state index in [1.54, 1.807) is 19.1 Å². The lowest BCUT2D eigenvalue weighted by atomic mass is 9.87. The summed E-state index contributed by atoms with van der Waals surface area (Å²) < 4.78 is 45.6. The van der Waals surface area contributed by atoms with Crippen molar-refractivity contribution in [1.82, 2.24) is 10.2 Å². The fourth-order valence-corrected chi connectivity index (χ4v) is 4.80. The number of urea groups is 1. The summed E-state index contributed by atoms with van der Waals surface area (Å²) in [6, 6.07) is 11.6. The monoisotopic (exact) mass is 550 g/mol. The third-order valence-electron chi connectivity index (χ3n) is 6.73. The number of allylic oxidation sites excluding steroid dienone is 1. The Morgan fingerprint density at radius 3 is 2.45 bits per heavy atom. The number of amides is 3. The standard InChI is InChI=1S/C29H25F3N4O4/c1-16(24-9-6-12-40-24)34-27(38)23-13-19(15-33)10-11-22(23)26-25(18(3)37)17(2)36(28(39)35(26)4)21-8-5-7-20(14-21)29(30,31)32/h5-14,16,26H,1-4H3,(H,34,38). The van der Waals surface area contributed by atoms with Gasteiger partial charge in [-0.1, -0.05) is 12.1 Å². The first-order valence-electron chi connectivity index (χ1n) is 12.2. The number of carbonyl (C=O) groups excluding carboxylic acids is 3. The van der Waals surface area contributed by atoms with E-state index in [2.05, 4.69) is 5.32 Å². The molecule has 2 aromatic carbocycles. The number of likely N-dealkylation sites (N-methyl/N-ethyl adjacent to an activating group) is 1. The Kier molecular flexibility index (Phi) is 7.55. The second-order valence-corrected chi connectivity index (χ2v) is 9.36. The number of halogens is 3. The molecule has 1 aromatic heterocycles. The maximum absolute atomic E-state index is 13.6. The second-order valence-electron chi connectivity index (χ2n) is 9.36. The number of hydrogen-bond acceptors (Lipinski definition) is 5. The number of alkyl halides is 3. The number of furan rings is 1. The molecule has 2 unspecified atom stereocenters. The van der Waals surface area contributed by atoms with E-state index in [1.807, 2.05) is 6.07 Å². The van der Waals surface area contributed by atoms with Crippen molar-refractivity contribution in [2.45, 2.75) is 39.0 Å². The van der Waals surface area contributed by atoms with Crippen LogP contribution in [-0.2, 0) is 11.0 Å². The number of Topliss-reactive ketones (excluding diaryl/α,β-unsaturated/α-hetero) is 1. The van der Waals surface area contributed by atoms with Crippen molar-refractivity contribution in [3.05, 3.63) is 100 Å². The number of nitrogens with one attached hydrogen (secondary N) is 1. The molecule has 0 radical (unpaired) electrons. The predicted molar refractivity (Wildman–Crippen MR) is 139 cm³/mol. The molecule has 0 saturated heterocycles. The highest BCUT2D eigenvalue weighted by molar-refractivity contribution is 6.06. The normalized spacial score (nSPS) is 16.6. The fourth-order valence-electron chi connectivity index (χ4n) is 4.80. The zero-order valence-corrected chi connectivity index (χ0v) is 22.0. The quantitative estimate of drug-likeness (QED) is 0.397. The van der Waals surface area contributed by atoms with E-state index in [0.717, 1.165) is 17.0 Å². The van der Waals surface area contributed by atoms with Gasteiger partial charge in [0.05, 0.1) is 41.2 Å². The maximum atomic E-state index is 13.6. The van der Waals surface area contributed by atoms with E-state index < -0.39 is 41.5 Å². The number of nitriles is 1. The van der Waals surface area contributed by atoms with Gasteiger partial charge in [0.25, 0.3) is 5.91 Å². The number of rotatable bonds is 6. The zero-order chi connectivity index (χ0) is 29.4. The van der Waals surface area contributed by atoms with Crippen molar-refractivity contribution >= 4 is 23.4 Å². The van der Waals surface area contributed by atoms with E-state index in [4.69, 9.17) is 4.42 Å². The minimum atomic E-state index is -4.64. The Hall–Kier alpha value is -4.85. The molecule has 206 valence electrons. The molecule has 0 saturated carbocycles. The molecular weight excluding hydrogens is 525 g/mol. The molecule has 0 fully saturated rings. The van der Waals surface area contributed by atoms with Gasteiger partial charge in [0.15, 0.2) is 5.78 Å². The van der Waals surface area contributed by atoms with Crippen molar-refractivity contribution in [2.24, 2.45) is 0 Å². The van der Waals surface area contributed by atoms with Gasteiger partial charge in [0, 0.05) is 23.9 Å². The van der Waals surface area contributed by atoms with E-state index in [9.17, 15) is 32.8 Å². The SMILES string of the molecule is CC(=O)C1=C(C)N(c2cccc(C(F)(F)F)c2)C(=O)N(C)C1c1ccc(C#N)cc1C(=O)NC(C)c1ccco1. The summed E-state index contributed by atoms with van der Waals surface area (Å²) in [7, 11) is 1.40. The Morgan fingerprint density at radius 1 is 1.12 bits per heavy atom. The average Bonchev–Trinajstić information content (AvgIpc) is 3.45. The van der Waals surface area contributed by atoms with Gasteiger partial charge in [0.1, 0.15) is 5.76 Å². The first-order valence-corrected chi connectivity index (χ1v) is 12.2. The van der Waals surface area contributed by atoms with Gasteiger partial charge in [-0.2, -0.15) is 18.4 Å². The van der Waals surface area contributed by atoms with Crippen LogP contribution < -0.4 is 10.2 Å². The average molecular weight is 551 g/mol. The Morgan fingerprint density at radius 2 is 1.85 bits per heavy atom. The van der Waals surface area contributed by atoms with Crippen LogP contribution in [0.3, 0.4) is 0 Å². The smallest absolute Gasteiger partial charge is 0.416 e. The number of nitrogens with zero attached hydrogens (tertiary/aromatic N) is 3. The van der Waals surface area contributed by atoms with Crippen LogP contribution in [0.5, 0.6) is 0 Å². The molecule has 4 rings (SSSR count). The summed E-state index contributed by atoms with van der Waals surface area (Å²) in [4.78, 5) is 42.4. The highest BCUT2D eigenvalue weighted by Crippen LogP contribution is 2.41. The number of hydrogen-bond donors (Lipinski definition) is 1. The molecular formula is C29H25F3N4O4. The first kappa shape index (κ1) is 28.2. The summed E-state index contributed by atoms with van der Waals surface area (Å²) in [5, 5.41) is 12.3. The molecule has 0 bridgehead atoms. The summed E-state index contributed by atoms with van der Waals surface area (Å²) >= 11 is 0. The minimum Gasteiger partial charge on any atom is -0.467 e. The molecule has 1 N–H and O–H groups in total. The van der Waals surface area contributed by atoms with Crippen LogP contribution in [0.4, 0.5) is 23.7 Å². The third-order valence-corrected chi connectivity index (χ3v) is 6.73. The van der Waals surface area contributed by atoms with Gasteiger partial charge in [-0.3, -0.25) is 14.5 Å². The van der Waals surface area contributed by atoms with E-state index in [0.29, 0.717) is 5.76 Å². The minimum absolute atomic E-state index is 0.0566. The van der Waals surface area contributed by atoms with Crippen molar-refractivity contribution < 1.29 is 32.0 Å². The van der Waals surface area contributed by atoms with Gasteiger partial charge in [-0.15, -0.1) is 0 Å². The highest BCUT2D eigenvalue weighted by Gasteiger charge is 2.41. The second kappa shape index (κ2) is 10.7. The molecule has 0 aliphatic carbocycles. The van der Waals surface area contributed by atoms with Crippen molar-refractivity contribution in [3.8, 4) is 6.07 Å². The molecule has 0 spiro atoms. The molecule has 1 aliphatic rings. The number of ketones is 1.